The Labute approximate surface area is 229 Å². The average molecular weight is 606 g/mol. The fourth-order valence-electron chi connectivity index (χ4n) is 3.43. The number of methoxy groups -OCH3 is 1. The number of imide groups is 1. The number of nitrogens with zero attached hydrogens (tertiary/aromatic N) is 1. The summed E-state index contributed by atoms with van der Waals surface area (Å²) in [7, 11) is 1.46. The minimum Gasteiger partial charge on any atom is -0.493 e. The molecule has 0 spiro atoms. The minimum atomic E-state index is -0.592. The smallest absolute Gasteiger partial charge is 0.294 e. The molecule has 1 aliphatic heterocycles. The molecule has 1 N–H and O–H groups in total. The number of rotatable bonds is 8. The fraction of sp³-hybridized carbons (Fsp3) is 0.115. The summed E-state index contributed by atoms with van der Waals surface area (Å²) in [6.45, 7) is -0.339. The SMILES string of the molecule is COc1cc(/C=C2/SC(=O)N(CC(=O)Nc3ccccc3Cl)C2=O)cc(Br)c1OCc1cccc(F)c1. The molecular weight excluding hydrogens is 587 g/mol. The van der Waals surface area contributed by atoms with Gasteiger partial charge < -0.3 is 14.8 Å². The normalized spacial score (nSPS) is 14.3. The van der Waals surface area contributed by atoms with Crippen LogP contribution in [0.5, 0.6) is 11.5 Å². The average Bonchev–Trinajstić information content (AvgIpc) is 3.11. The zero-order valence-electron chi connectivity index (χ0n) is 19.3. The number of amides is 3. The second-order valence-electron chi connectivity index (χ2n) is 7.75. The summed E-state index contributed by atoms with van der Waals surface area (Å²) in [6.07, 6.45) is 1.53. The maximum atomic E-state index is 13.5. The molecule has 1 heterocycles. The third-order valence-corrected chi connectivity index (χ3v) is 6.97. The second kappa shape index (κ2) is 11.8. The van der Waals surface area contributed by atoms with Gasteiger partial charge in [0.25, 0.3) is 11.1 Å². The predicted octanol–water partition coefficient (Wildman–Crippen LogP) is 6.50. The first-order valence-corrected chi connectivity index (χ1v) is 12.8. The quantitative estimate of drug-likeness (QED) is 0.295. The van der Waals surface area contributed by atoms with Crippen LogP contribution in [-0.4, -0.2) is 35.6 Å². The molecule has 7 nitrogen and oxygen atoms in total. The van der Waals surface area contributed by atoms with E-state index in [2.05, 4.69) is 21.2 Å². The van der Waals surface area contributed by atoms with E-state index < -0.39 is 23.6 Å². The highest BCUT2D eigenvalue weighted by Gasteiger charge is 2.36. The van der Waals surface area contributed by atoms with E-state index in [0.717, 1.165) is 16.7 Å². The molecule has 0 aromatic heterocycles. The van der Waals surface area contributed by atoms with Crippen LogP contribution in [0.2, 0.25) is 5.02 Å². The molecule has 3 amide bonds. The molecule has 0 saturated carbocycles. The van der Waals surface area contributed by atoms with Crippen LogP contribution in [-0.2, 0) is 16.2 Å². The Hall–Kier alpha value is -3.34. The summed E-state index contributed by atoms with van der Waals surface area (Å²) < 4.78 is 25.3. The van der Waals surface area contributed by atoms with Crippen LogP contribution in [0.4, 0.5) is 14.9 Å². The van der Waals surface area contributed by atoms with Gasteiger partial charge in [0.05, 0.1) is 27.2 Å². The van der Waals surface area contributed by atoms with Gasteiger partial charge in [-0.2, -0.15) is 0 Å². The highest BCUT2D eigenvalue weighted by Crippen LogP contribution is 2.39. The van der Waals surface area contributed by atoms with E-state index in [9.17, 15) is 18.8 Å². The van der Waals surface area contributed by atoms with Crippen LogP contribution in [0.1, 0.15) is 11.1 Å². The predicted molar refractivity (Wildman–Crippen MR) is 144 cm³/mol. The van der Waals surface area contributed by atoms with Gasteiger partial charge in [0, 0.05) is 0 Å². The van der Waals surface area contributed by atoms with E-state index in [0.29, 0.717) is 37.8 Å². The first-order valence-electron chi connectivity index (χ1n) is 10.8. The molecule has 4 rings (SSSR count). The van der Waals surface area contributed by atoms with Gasteiger partial charge in [0.2, 0.25) is 5.91 Å². The number of hydrogen-bond donors (Lipinski definition) is 1. The van der Waals surface area contributed by atoms with Crippen LogP contribution in [0.3, 0.4) is 0 Å². The molecule has 1 fully saturated rings. The second-order valence-corrected chi connectivity index (χ2v) is 10.0. The molecule has 37 heavy (non-hydrogen) atoms. The number of thioether (sulfide) groups is 1. The summed E-state index contributed by atoms with van der Waals surface area (Å²) in [5.41, 5.74) is 1.59. The molecule has 0 unspecified atom stereocenters. The van der Waals surface area contributed by atoms with Gasteiger partial charge in [-0.3, -0.25) is 19.3 Å². The molecule has 190 valence electrons. The van der Waals surface area contributed by atoms with Gasteiger partial charge in [0.15, 0.2) is 11.5 Å². The largest absolute Gasteiger partial charge is 0.493 e. The lowest BCUT2D eigenvalue weighted by atomic mass is 10.1. The number of carbonyl (C=O) groups is 3. The van der Waals surface area contributed by atoms with Gasteiger partial charge in [-0.25, -0.2) is 4.39 Å². The molecule has 3 aromatic carbocycles. The van der Waals surface area contributed by atoms with Crippen LogP contribution < -0.4 is 14.8 Å². The van der Waals surface area contributed by atoms with Crippen molar-refractivity contribution in [3.8, 4) is 11.5 Å². The van der Waals surface area contributed by atoms with E-state index in [1.807, 2.05) is 0 Å². The van der Waals surface area contributed by atoms with Gasteiger partial charge in [-0.1, -0.05) is 35.9 Å². The van der Waals surface area contributed by atoms with E-state index >= 15 is 0 Å². The van der Waals surface area contributed by atoms with E-state index in [1.54, 1.807) is 48.5 Å². The maximum absolute atomic E-state index is 13.5. The Balaban J connectivity index is 1.48. The molecule has 0 aliphatic carbocycles. The summed E-state index contributed by atoms with van der Waals surface area (Å²) >= 11 is 10.2. The highest BCUT2D eigenvalue weighted by atomic mass is 79.9. The first kappa shape index (κ1) is 26.7. The zero-order chi connectivity index (χ0) is 26.5. The summed E-state index contributed by atoms with van der Waals surface area (Å²) in [6, 6.07) is 16.0. The fourth-order valence-corrected chi connectivity index (χ4v) is 5.02. The topological polar surface area (TPSA) is 84.9 Å². The van der Waals surface area contributed by atoms with E-state index in [-0.39, 0.29) is 17.3 Å². The number of benzene rings is 3. The molecule has 3 aromatic rings. The number of carbonyl (C=O) groups excluding carboxylic acids is 3. The lowest BCUT2D eigenvalue weighted by Gasteiger charge is -2.14. The number of anilines is 1. The standard InChI is InChI=1S/C26H19BrClFN2O5S/c1-35-21-11-16(10-18(27)24(21)36-14-15-5-4-6-17(29)9-15)12-22-25(33)31(26(34)37-22)13-23(32)30-20-8-3-2-7-19(20)28/h2-12H,13-14H2,1H3,(H,30,32)/b22-12+. The van der Waals surface area contributed by atoms with Gasteiger partial charge in [0.1, 0.15) is 19.0 Å². The summed E-state index contributed by atoms with van der Waals surface area (Å²) in [5, 5.41) is 2.37. The van der Waals surface area contributed by atoms with E-state index in [1.165, 1.54) is 25.3 Å². The third kappa shape index (κ3) is 6.51. The molecule has 0 radical (unpaired) electrons. The number of hydrogen-bond acceptors (Lipinski definition) is 6. The summed E-state index contributed by atoms with van der Waals surface area (Å²) in [5.74, 6) is -0.743. The van der Waals surface area contributed by atoms with Gasteiger partial charge in [-0.05, 0) is 81.3 Å². The van der Waals surface area contributed by atoms with Crippen molar-refractivity contribution in [2.45, 2.75) is 6.61 Å². The van der Waals surface area contributed by atoms with Gasteiger partial charge >= 0.3 is 0 Å². The van der Waals surface area contributed by atoms with Crippen molar-refractivity contribution in [2.24, 2.45) is 0 Å². The third-order valence-electron chi connectivity index (χ3n) is 5.14. The molecular formula is C26H19BrClFN2O5S. The number of ether oxygens (including phenoxy) is 2. The van der Waals surface area contributed by atoms with Crippen molar-refractivity contribution in [1.82, 2.24) is 4.90 Å². The number of nitrogens with one attached hydrogen (secondary N) is 1. The number of halogens is 3. The molecule has 0 atom stereocenters. The molecule has 0 bridgehead atoms. The highest BCUT2D eigenvalue weighted by molar-refractivity contribution is 9.10. The Morgan fingerprint density at radius 1 is 1.16 bits per heavy atom. The Morgan fingerprint density at radius 3 is 2.68 bits per heavy atom. The first-order chi connectivity index (χ1) is 17.7. The lowest BCUT2D eigenvalue weighted by Crippen LogP contribution is -2.36. The Bertz CT molecular complexity index is 1420. The van der Waals surface area contributed by atoms with Crippen molar-refractivity contribution >= 4 is 68.1 Å². The van der Waals surface area contributed by atoms with Crippen molar-refractivity contribution in [2.75, 3.05) is 19.0 Å². The zero-order valence-corrected chi connectivity index (χ0v) is 22.5. The monoisotopic (exact) mass is 604 g/mol. The van der Waals surface area contributed by atoms with Crippen LogP contribution in [0, 0.1) is 5.82 Å². The maximum Gasteiger partial charge on any atom is 0.294 e. The number of para-hydroxylation sites is 1. The van der Waals surface area contributed by atoms with Crippen molar-refractivity contribution in [3.63, 3.8) is 0 Å². The molecule has 11 heteroatoms. The Kier molecular flexibility index (Phi) is 8.52. The minimum absolute atomic E-state index is 0.112. The van der Waals surface area contributed by atoms with Crippen molar-refractivity contribution in [3.05, 3.63) is 92.0 Å². The van der Waals surface area contributed by atoms with Crippen LogP contribution >= 0.6 is 39.3 Å². The van der Waals surface area contributed by atoms with Crippen molar-refractivity contribution < 1.29 is 28.2 Å². The molecule has 1 aliphatic rings. The van der Waals surface area contributed by atoms with Crippen LogP contribution in [0.25, 0.3) is 6.08 Å². The van der Waals surface area contributed by atoms with Gasteiger partial charge in [-0.15, -0.1) is 0 Å². The van der Waals surface area contributed by atoms with E-state index in [4.69, 9.17) is 21.1 Å². The van der Waals surface area contributed by atoms with Crippen LogP contribution in [0.15, 0.2) is 70.0 Å². The van der Waals surface area contributed by atoms with Crippen molar-refractivity contribution in [1.29, 1.82) is 0 Å². The lowest BCUT2D eigenvalue weighted by molar-refractivity contribution is -0.127. The molecule has 1 saturated heterocycles. The summed E-state index contributed by atoms with van der Waals surface area (Å²) in [4.78, 5) is 38.8. The Morgan fingerprint density at radius 2 is 1.95 bits per heavy atom.